The summed E-state index contributed by atoms with van der Waals surface area (Å²) in [5.74, 6) is 0. The minimum absolute atomic E-state index is 0.708. The molecule has 0 radical (unpaired) electrons. The SMILES string of the molecule is C=C(C)CNCC(C)SC. The molecule has 0 fully saturated rings. The van der Waals surface area contributed by atoms with Crippen LogP contribution in [0.4, 0.5) is 0 Å². The van der Waals surface area contributed by atoms with Crippen LogP contribution < -0.4 is 5.32 Å². The molecule has 0 aliphatic carbocycles. The Kier molecular flexibility index (Phi) is 5.84. The second-order valence-corrected chi connectivity index (χ2v) is 3.91. The van der Waals surface area contributed by atoms with Crippen molar-refractivity contribution in [2.24, 2.45) is 0 Å². The van der Waals surface area contributed by atoms with Crippen LogP contribution in [0.15, 0.2) is 12.2 Å². The molecule has 0 spiro atoms. The predicted molar refractivity (Wildman–Crippen MR) is 50.7 cm³/mol. The second kappa shape index (κ2) is 5.81. The second-order valence-electron chi connectivity index (χ2n) is 2.63. The summed E-state index contributed by atoms with van der Waals surface area (Å²) >= 11 is 1.88. The maximum Gasteiger partial charge on any atom is 0.0159 e. The molecule has 1 nitrogen and oxygen atoms in total. The summed E-state index contributed by atoms with van der Waals surface area (Å²) in [6, 6.07) is 0. The van der Waals surface area contributed by atoms with Gasteiger partial charge < -0.3 is 5.32 Å². The molecule has 0 heterocycles. The molecule has 10 heavy (non-hydrogen) atoms. The number of rotatable bonds is 5. The van der Waals surface area contributed by atoms with Crippen molar-refractivity contribution in [3.05, 3.63) is 12.2 Å². The first kappa shape index (κ1) is 10.0. The summed E-state index contributed by atoms with van der Waals surface area (Å²) in [4.78, 5) is 0. The average molecular weight is 159 g/mol. The normalized spacial score (nSPS) is 13.1. The van der Waals surface area contributed by atoms with E-state index in [-0.39, 0.29) is 0 Å². The van der Waals surface area contributed by atoms with Crippen molar-refractivity contribution < 1.29 is 0 Å². The van der Waals surface area contributed by atoms with Gasteiger partial charge in [0.2, 0.25) is 0 Å². The van der Waals surface area contributed by atoms with E-state index in [1.54, 1.807) is 0 Å². The fraction of sp³-hybridized carbons (Fsp3) is 0.750. The van der Waals surface area contributed by atoms with Crippen molar-refractivity contribution >= 4 is 11.8 Å². The van der Waals surface area contributed by atoms with Crippen LogP contribution >= 0.6 is 11.8 Å². The molecule has 0 aromatic carbocycles. The molecular formula is C8H17NS. The number of thioether (sulfide) groups is 1. The van der Waals surface area contributed by atoms with Crippen molar-refractivity contribution in [3.63, 3.8) is 0 Å². The van der Waals surface area contributed by atoms with E-state index in [0.29, 0.717) is 5.25 Å². The molecule has 0 saturated heterocycles. The van der Waals surface area contributed by atoms with Gasteiger partial charge in [-0.1, -0.05) is 19.1 Å². The first-order chi connectivity index (χ1) is 4.66. The van der Waals surface area contributed by atoms with Crippen molar-refractivity contribution in [2.45, 2.75) is 19.1 Å². The first-order valence-electron chi connectivity index (χ1n) is 3.54. The number of hydrogen-bond acceptors (Lipinski definition) is 2. The molecular weight excluding hydrogens is 142 g/mol. The van der Waals surface area contributed by atoms with Crippen molar-refractivity contribution in [1.29, 1.82) is 0 Å². The minimum Gasteiger partial charge on any atom is -0.312 e. The highest BCUT2D eigenvalue weighted by atomic mass is 32.2. The lowest BCUT2D eigenvalue weighted by molar-refractivity contribution is 0.725. The molecule has 0 aromatic heterocycles. The van der Waals surface area contributed by atoms with Crippen LogP contribution in [0.3, 0.4) is 0 Å². The molecule has 1 atom stereocenters. The van der Waals surface area contributed by atoms with E-state index in [1.807, 2.05) is 18.7 Å². The Hall–Kier alpha value is 0.0500. The summed E-state index contributed by atoms with van der Waals surface area (Å²) in [5.41, 5.74) is 1.20. The van der Waals surface area contributed by atoms with Gasteiger partial charge >= 0.3 is 0 Å². The van der Waals surface area contributed by atoms with Crippen LogP contribution in [0.5, 0.6) is 0 Å². The lowest BCUT2D eigenvalue weighted by atomic mass is 10.3. The monoisotopic (exact) mass is 159 g/mol. The lowest BCUT2D eigenvalue weighted by Gasteiger charge is -2.08. The van der Waals surface area contributed by atoms with Gasteiger partial charge in [0, 0.05) is 18.3 Å². The Labute approximate surface area is 68.3 Å². The first-order valence-corrected chi connectivity index (χ1v) is 4.83. The van der Waals surface area contributed by atoms with Gasteiger partial charge in [0.05, 0.1) is 0 Å². The summed E-state index contributed by atoms with van der Waals surface area (Å²) in [6.45, 7) is 10.1. The summed E-state index contributed by atoms with van der Waals surface area (Å²) in [5, 5.41) is 4.02. The highest BCUT2D eigenvalue weighted by Crippen LogP contribution is 2.02. The predicted octanol–water partition coefficient (Wildman–Crippen LogP) is 1.90. The zero-order valence-corrected chi connectivity index (χ0v) is 7.92. The van der Waals surface area contributed by atoms with Gasteiger partial charge in [-0.05, 0) is 13.2 Å². The number of hydrogen-bond donors (Lipinski definition) is 1. The van der Waals surface area contributed by atoms with E-state index in [4.69, 9.17) is 0 Å². The molecule has 2 heteroatoms. The molecule has 1 N–H and O–H groups in total. The van der Waals surface area contributed by atoms with Gasteiger partial charge in [0.25, 0.3) is 0 Å². The summed E-state index contributed by atoms with van der Waals surface area (Å²) < 4.78 is 0. The summed E-state index contributed by atoms with van der Waals surface area (Å²) in [7, 11) is 0. The van der Waals surface area contributed by atoms with E-state index >= 15 is 0 Å². The Morgan fingerprint density at radius 1 is 1.70 bits per heavy atom. The van der Waals surface area contributed by atoms with E-state index in [9.17, 15) is 0 Å². The molecule has 1 unspecified atom stereocenters. The zero-order valence-electron chi connectivity index (χ0n) is 7.11. The third-order valence-corrected chi connectivity index (χ3v) is 2.23. The Balaban J connectivity index is 3.11. The maximum absolute atomic E-state index is 3.81. The molecule has 60 valence electrons. The van der Waals surface area contributed by atoms with Crippen LogP contribution in [-0.2, 0) is 0 Å². The van der Waals surface area contributed by atoms with Crippen molar-refractivity contribution in [3.8, 4) is 0 Å². The van der Waals surface area contributed by atoms with Crippen LogP contribution in [0.25, 0.3) is 0 Å². The quantitative estimate of drug-likeness (QED) is 0.615. The Bertz CT molecular complexity index is 101. The highest BCUT2D eigenvalue weighted by Gasteiger charge is 1.96. The van der Waals surface area contributed by atoms with Crippen molar-refractivity contribution in [2.75, 3.05) is 19.3 Å². The van der Waals surface area contributed by atoms with E-state index < -0.39 is 0 Å². The topological polar surface area (TPSA) is 12.0 Å². The Morgan fingerprint density at radius 3 is 2.70 bits per heavy atom. The molecule has 0 aromatic rings. The maximum atomic E-state index is 3.81. The van der Waals surface area contributed by atoms with Crippen LogP contribution in [0.1, 0.15) is 13.8 Å². The number of nitrogens with one attached hydrogen (secondary N) is 1. The van der Waals surface area contributed by atoms with Gasteiger partial charge in [-0.2, -0.15) is 11.8 Å². The Morgan fingerprint density at radius 2 is 2.30 bits per heavy atom. The fourth-order valence-corrected chi connectivity index (χ4v) is 0.857. The third kappa shape index (κ3) is 6.17. The largest absolute Gasteiger partial charge is 0.312 e. The van der Waals surface area contributed by atoms with E-state index in [1.165, 1.54) is 5.57 Å². The van der Waals surface area contributed by atoms with Gasteiger partial charge in [0.1, 0.15) is 0 Å². The molecule has 0 rings (SSSR count). The average Bonchev–Trinajstić information content (AvgIpc) is 1.87. The van der Waals surface area contributed by atoms with E-state index in [0.717, 1.165) is 13.1 Å². The van der Waals surface area contributed by atoms with Crippen molar-refractivity contribution in [1.82, 2.24) is 5.32 Å². The minimum atomic E-state index is 0.708. The molecule has 0 bridgehead atoms. The van der Waals surface area contributed by atoms with Crippen LogP contribution in [0, 0.1) is 0 Å². The standard InChI is InChI=1S/C8H17NS/c1-7(2)5-9-6-8(3)10-4/h8-9H,1,5-6H2,2-4H3. The fourth-order valence-electron chi connectivity index (χ4n) is 0.572. The molecule has 0 amide bonds. The van der Waals surface area contributed by atoms with Crippen LogP contribution in [-0.4, -0.2) is 24.6 Å². The zero-order chi connectivity index (χ0) is 7.98. The molecule has 0 aliphatic heterocycles. The smallest absolute Gasteiger partial charge is 0.0159 e. The third-order valence-electron chi connectivity index (χ3n) is 1.26. The van der Waals surface area contributed by atoms with Crippen LogP contribution in [0.2, 0.25) is 0 Å². The highest BCUT2D eigenvalue weighted by molar-refractivity contribution is 7.99. The molecule has 0 aliphatic rings. The lowest BCUT2D eigenvalue weighted by Crippen LogP contribution is -2.23. The van der Waals surface area contributed by atoms with Gasteiger partial charge in [-0.15, -0.1) is 0 Å². The van der Waals surface area contributed by atoms with Gasteiger partial charge in [0.15, 0.2) is 0 Å². The van der Waals surface area contributed by atoms with E-state index in [2.05, 4.69) is 25.1 Å². The van der Waals surface area contributed by atoms with Gasteiger partial charge in [-0.3, -0.25) is 0 Å². The van der Waals surface area contributed by atoms with Gasteiger partial charge in [-0.25, -0.2) is 0 Å². The molecule has 0 saturated carbocycles. The summed E-state index contributed by atoms with van der Waals surface area (Å²) in [6.07, 6.45) is 2.13.